The molecule has 0 unspecified atom stereocenters. The first-order valence-electron chi connectivity index (χ1n) is 3.58. The second kappa shape index (κ2) is 3.18. The van der Waals surface area contributed by atoms with E-state index in [1.807, 2.05) is 0 Å². The van der Waals surface area contributed by atoms with Crippen LogP contribution in [0.15, 0.2) is 16.6 Å². The summed E-state index contributed by atoms with van der Waals surface area (Å²) in [5.41, 5.74) is 5.60. The number of nitro benzene ring substituents is 1. The molecule has 2 N–H and O–H groups in total. The van der Waals surface area contributed by atoms with E-state index in [1.165, 1.54) is 6.07 Å². The highest BCUT2D eigenvalue weighted by molar-refractivity contribution is 9.10. The van der Waals surface area contributed by atoms with Crippen LogP contribution in [0.5, 0.6) is 0 Å². The Hall–Kier alpha value is -1.21. The molecule has 2 rings (SSSR count). The van der Waals surface area contributed by atoms with Crippen molar-refractivity contribution in [1.29, 1.82) is 0 Å². The Labute approximate surface area is 91.0 Å². The van der Waals surface area contributed by atoms with Crippen LogP contribution in [0.4, 0.5) is 11.5 Å². The number of non-ortho nitro benzene ring substituents is 1. The fourth-order valence-corrected chi connectivity index (χ4v) is 2.37. The van der Waals surface area contributed by atoms with Crippen molar-refractivity contribution in [2.24, 2.45) is 0 Å². The number of benzene rings is 1. The maximum Gasteiger partial charge on any atom is 0.289 e. The second-order valence-electron chi connectivity index (χ2n) is 2.63. The smallest absolute Gasteiger partial charge is 0.289 e. The summed E-state index contributed by atoms with van der Waals surface area (Å²) in [5, 5.41) is 11.3. The largest absolute Gasteiger partial charge is 0.382 e. The molecule has 0 atom stereocenters. The molecule has 0 spiro atoms. The molecule has 1 aromatic carbocycles. The number of fused-ring (bicyclic) bond motifs is 1. The van der Waals surface area contributed by atoms with Gasteiger partial charge in [0.2, 0.25) is 0 Å². The standard InChI is InChI=1S/C7H4BrN3O2S/c8-3-1-4-6(14-10-7(4)9)5(2-3)11(12)13/h1-2H,(H2,9,10). The van der Waals surface area contributed by atoms with Crippen LogP contribution < -0.4 is 5.73 Å². The Morgan fingerprint density at radius 1 is 1.57 bits per heavy atom. The van der Waals surface area contributed by atoms with E-state index < -0.39 is 4.92 Å². The van der Waals surface area contributed by atoms with Gasteiger partial charge in [-0.25, -0.2) is 0 Å². The van der Waals surface area contributed by atoms with E-state index in [1.54, 1.807) is 6.07 Å². The predicted octanol–water partition coefficient (Wildman–Crippen LogP) is 2.55. The molecule has 0 bridgehead atoms. The highest BCUT2D eigenvalue weighted by Crippen LogP contribution is 2.35. The number of nitrogens with two attached hydrogens (primary N) is 1. The lowest BCUT2D eigenvalue weighted by Crippen LogP contribution is -1.89. The van der Waals surface area contributed by atoms with Crippen LogP contribution in [0.25, 0.3) is 10.1 Å². The van der Waals surface area contributed by atoms with Crippen molar-refractivity contribution in [2.75, 3.05) is 5.73 Å². The van der Waals surface area contributed by atoms with Gasteiger partial charge in [-0.05, 0) is 17.6 Å². The number of rotatable bonds is 1. The molecule has 2 aromatic rings. The van der Waals surface area contributed by atoms with Gasteiger partial charge in [0.05, 0.1) is 4.92 Å². The van der Waals surface area contributed by atoms with E-state index in [9.17, 15) is 10.1 Å². The lowest BCUT2D eigenvalue weighted by Gasteiger charge is -1.94. The van der Waals surface area contributed by atoms with Gasteiger partial charge in [0, 0.05) is 15.9 Å². The molecule has 5 nitrogen and oxygen atoms in total. The lowest BCUT2D eigenvalue weighted by molar-refractivity contribution is -0.382. The van der Waals surface area contributed by atoms with Crippen molar-refractivity contribution in [3.63, 3.8) is 0 Å². The van der Waals surface area contributed by atoms with Crippen molar-refractivity contribution < 1.29 is 4.92 Å². The van der Waals surface area contributed by atoms with Crippen LogP contribution in [-0.4, -0.2) is 9.30 Å². The molecule has 14 heavy (non-hydrogen) atoms. The number of nitrogen functional groups attached to an aromatic ring is 1. The number of halogens is 1. The average molecular weight is 274 g/mol. The summed E-state index contributed by atoms with van der Waals surface area (Å²) < 4.78 is 5.01. The summed E-state index contributed by atoms with van der Waals surface area (Å²) >= 11 is 4.23. The Morgan fingerprint density at radius 3 is 2.93 bits per heavy atom. The summed E-state index contributed by atoms with van der Waals surface area (Å²) in [5.74, 6) is 0.328. The Morgan fingerprint density at radius 2 is 2.29 bits per heavy atom. The Bertz CT molecular complexity index is 525. The van der Waals surface area contributed by atoms with Gasteiger partial charge >= 0.3 is 0 Å². The normalized spacial score (nSPS) is 10.6. The van der Waals surface area contributed by atoms with E-state index in [0.717, 1.165) is 11.5 Å². The minimum Gasteiger partial charge on any atom is -0.382 e. The highest BCUT2D eigenvalue weighted by atomic mass is 79.9. The molecule has 1 heterocycles. The number of hydrogen-bond acceptors (Lipinski definition) is 5. The van der Waals surface area contributed by atoms with Crippen molar-refractivity contribution in [3.05, 3.63) is 26.7 Å². The van der Waals surface area contributed by atoms with Gasteiger partial charge in [0.25, 0.3) is 5.69 Å². The Balaban J connectivity index is 2.88. The van der Waals surface area contributed by atoms with Gasteiger partial charge in [0.1, 0.15) is 10.5 Å². The third-order valence-electron chi connectivity index (χ3n) is 1.74. The summed E-state index contributed by atoms with van der Waals surface area (Å²) in [6, 6.07) is 3.17. The van der Waals surface area contributed by atoms with Crippen molar-refractivity contribution in [2.45, 2.75) is 0 Å². The summed E-state index contributed by atoms with van der Waals surface area (Å²) in [6.45, 7) is 0. The zero-order valence-electron chi connectivity index (χ0n) is 6.73. The van der Waals surface area contributed by atoms with Crippen LogP contribution in [0, 0.1) is 10.1 Å². The maximum absolute atomic E-state index is 10.7. The molecule has 0 aliphatic rings. The van der Waals surface area contributed by atoms with Gasteiger partial charge in [0.15, 0.2) is 0 Å². The van der Waals surface area contributed by atoms with E-state index >= 15 is 0 Å². The number of hydrogen-bond donors (Lipinski definition) is 1. The number of anilines is 1. The van der Waals surface area contributed by atoms with Crippen molar-refractivity contribution in [1.82, 2.24) is 4.37 Å². The third-order valence-corrected chi connectivity index (χ3v) is 3.10. The van der Waals surface area contributed by atoms with Gasteiger partial charge < -0.3 is 5.73 Å². The topological polar surface area (TPSA) is 82.0 Å². The monoisotopic (exact) mass is 273 g/mol. The fraction of sp³-hybridized carbons (Fsp3) is 0. The van der Waals surface area contributed by atoms with Gasteiger partial charge in [-0.2, -0.15) is 4.37 Å². The molecule has 0 amide bonds. The van der Waals surface area contributed by atoms with E-state index in [0.29, 0.717) is 20.4 Å². The summed E-state index contributed by atoms with van der Waals surface area (Å²) in [6.07, 6.45) is 0. The summed E-state index contributed by atoms with van der Waals surface area (Å²) in [4.78, 5) is 10.3. The Kier molecular flexibility index (Phi) is 2.12. The molecule has 7 heteroatoms. The molecule has 0 saturated heterocycles. The quantitative estimate of drug-likeness (QED) is 0.640. The fourth-order valence-electron chi connectivity index (χ4n) is 1.15. The molecule has 72 valence electrons. The van der Waals surface area contributed by atoms with E-state index in [-0.39, 0.29) is 5.69 Å². The number of aromatic nitrogens is 1. The molecule has 0 fully saturated rings. The number of nitrogens with zero attached hydrogens (tertiary/aromatic N) is 2. The maximum atomic E-state index is 10.7. The highest BCUT2D eigenvalue weighted by Gasteiger charge is 2.17. The predicted molar refractivity (Wildman–Crippen MR) is 58.4 cm³/mol. The molecule has 1 aromatic heterocycles. The minimum atomic E-state index is -0.440. The molecule has 0 saturated carbocycles. The molecule has 0 radical (unpaired) electrons. The minimum absolute atomic E-state index is 0.0311. The second-order valence-corrected chi connectivity index (χ2v) is 4.32. The van der Waals surface area contributed by atoms with Crippen molar-refractivity contribution in [3.8, 4) is 0 Å². The zero-order valence-corrected chi connectivity index (χ0v) is 9.13. The van der Waals surface area contributed by atoms with Gasteiger partial charge in [-0.1, -0.05) is 15.9 Å². The first kappa shape index (κ1) is 9.35. The van der Waals surface area contributed by atoms with Gasteiger partial charge in [-0.15, -0.1) is 0 Å². The van der Waals surface area contributed by atoms with Gasteiger partial charge in [-0.3, -0.25) is 10.1 Å². The third kappa shape index (κ3) is 1.34. The first-order valence-corrected chi connectivity index (χ1v) is 5.15. The van der Waals surface area contributed by atoms with Crippen LogP contribution in [0.1, 0.15) is 0 Å². The van der Waals surface area contributed by atoms with E-state index in [2.05, 4.69) is 20.3 Å². The molecule has 0 aliphatic carbocycles. The molecular weight excluding hydrogens is 270 g/mol. The summed E-state index contributed by atoms with van der Waals surface area (Å²) in [7, 11) is 0. The van der Waals surface area contributed by atoms with Crippen LogP contribution in [-0.2, 0) is 0 Å². The zero-order chi connectivity index (χ0) is 10.3. The lowest BCUT2D eigenvalue weighted by atomic mass is 10.2. The molecule has 0 aliphatic heterocycles. The van der Waals surface area contributed by atoms with E-state index in [4.69, 9.17) is 5.73 Å². The van der Waals surface area contributed by atoms with Crippen LogP contribution in [0.2, 0.25) is 0 Å². The number of nitro groups is 1. The SMILES string of the molecule is Nc1nsc2c([N+](=O)[O-])cc(Br)cc12. The van der Waals surface area contributed by atoms with Crippen LogP contribution in [0.3, 0.4) is 0 Å². The van der Waals surface area contributed by atoms with Crippen molar-refractivity contribution >= 4 is 49.1 Å². The first-order chi connectivity index (χ1) is 6.59. The molecular formula is C7H4BrN3O2S. The average Bonchev–Trinajstić information content (AvgIpc) is 2.47. The van der Waals surface area contributed by atoms with Crippen LogP contribution >= 0.6 is 27.5 Å².